The zero-order valence-electron chi connectivity index (χ0n) is 13.0. The third-order valence-corrected chi connectivity index (χ3v) is 4.24. The fourth-order valence-electron chi connectivity index (χ4n) is 2.93. The second-order valence-corrected chi connectivity index (χ2v) is 6.03. The molecule has 1 saturated carbocycles. The summed E-state index contributed by atoms with van der Waals surface area (Å²) in [4.78, 5) is 23.0. The molecule has 0 aliphatic heterocycles. The van der Waals surface area contributed by atoms with Gasteiger partial charge in [-0.05, 0) is 49.9 Å². The Morgan fingerprint density at radius 3 is 2.23 bits per heavy atom. The Morgan fingerprint density at radius 2 is 1.64 bits per heavy atom. The van der Waals surface area contributed by atoms with Gasteiger partial charge in [0.15, 0.2) is 6.54 Å². The van der Waals surface area contributed by atoms with Crippen LogP contribution in [0, 0.1) is 0 Å². The highest BCUT2D eigenvalue weighted by molar-refractivity contribution is 5.94. The largest absolute Gasteiger partial charge is 0.366 e. The SMILES string of the molecule is NC(=O)c1ccc(NC(=O)C[NH2+]C2CCCCCCC2)cc1. The minimum atomic E-state index is -0.463. The standard InChI is InChI=1S/C17H25N3O2/c18-17(22)13-8-10-15(11-9-13)20-16(21)12-19-14-6-4-2-1-3-5-7-14/h8-11,14,19H,1-7,12H2,(H2,18,22)(H,20,21)/p+1. The lowest BCUT2D eigenvalue weighted by Crippen LogP contribution is -2.91. The molecule has 0 saturated heterocycles. The number of rotatable bonds is 5. The van der Waals surface area contributed by atoms with Gasteiger partial charge >= 0.3 is 0 Å². The molecular weight excluding hydrogens is 278 g/mol. The Morgan fingerprint density at radius 1 is 1.05 bits per heavy atom. The van der Waals surface area contributed by atoms with E-state index in [-0.39, 0.29) is 5.91 Å². The van der Waals surface area contributed by atoms with Crippen molar-refractivity contribution < 1.29 is 14.9 Å². The smallest absolute Gasteiger partial charge is 0.279 e. The van der Waals surface area contributed by atoms with E-state index in [1.54, 1.807) is 24.3 Å². The highest BCUT2D eigenvalue weighted by Crippen LogP contribution is 2.15. The van der Waals surface area contributed by atoms with Gasteiger partial charge in [-0.15, -0.1) is 0 Å². The third kappa shape index (κ3) is 5.48. The number of hydrogen-bond donors (Lipinski definition) is 3. The second-order valence-electron chi connectivity index (χ2n) is 6.03. The molecule has 0 bridgehead atoms. The summed E-state index contributed by atoms with van der Waals surface area (Å²) in [5.41, 5.74) is 6.33. The zero-order chi connectivity index (χ0) is 15.8. The summed E-state index contributed by atoms with van der Waals surface area (Å²) in [6, 6.07) is 7.22. The van der Waals surface area contributed by atoms with Gasteiger partial charge in [0.1, 0.15) is 0 Å². The normalized spacial score (nSPS) is 16.5. The Bertz CT molecular complexity index is 491. The molecule has 5 nitrogen and oxygen atoms in total. The fraction of sp³-hybridized carbons (Fsp3) is 0.529. The predicted molar refractivity (Wildman–Crippen MR) is 86.5 cm³/mol. The fourth-order valence-corrected chi connectivity index (χ4v) is 2.93. The van der Waals surface area contributed by atoms with E-state index < -0.39 is 5.91 Å². The molecule has 22 heavy (non-hydrogen) atoms. The van der Waals surface area contributed by atoms with Gasteiger partial charge in [0.2, 0.25) is 5.91 Å². The molecule has 1 aliphatic carbocycles. The highest BCUT2D eigenvalue weighted by Gasteiger charge is 2.15. The molecule has 0 atom stereocenters. The molecule has 1 fully saturated rings. The van der Waals surface area contributed by atoms with Gasteiger partial charge in [0.05, 0.1) is 6.04 Å². The van der Waals surface area contributed by atoms with Crippen LogP contribution in [-0.4, -0.2) is 24.4 Å². The van der Waals surface area contributed by atoms with Gasteiger partial charge in [-0.1, -0.05) is 19.3 Å². The van der Waals surface area contributed by atoms with E-state index in [4.69, 9.17) is 5.73 Å². The van der Waals surface area contributed by atoms with Crippen LogP contribution in [0.2, 0.25) is 0 Å². The molecule has 120 valence electrons. The first kappa shape index (κ1) is 16.5. The molecule has 1 aliphatic rings. The Balaban J connectivity index is 1.75. The lowest BCUT2D eigenvalue weighted by atomic mass is 9.97. The predicted octanol–water partition coefficient (Wildman–Crippen LogP) is 1.40. The van der Waals surface area contributed by atoms with Crippen LogP contribution in [0.25, 0.3) is 0 Å². The van der Waals surface area contributed by atoms with Gasteiger partial charge in [-0.25, -0.2) is 0 Å². The Kier molecular flexibility index (Phi) is 6.40. The summed E-state index contributed by atoms with van der Waals surface area (Å²) in [6.07, 6.45) is 8.97. The lowest BCUT2D eigenvalue weighted by molar-refractivity contribution is -0.680. The van der Waals surface area contributed by atoms with Crippen LogP contribution < -0.4 is 16.4 Å². The van der Waals surface area contributed by atoms with Crippen LogP contribution in [0.3, 0.4) is 0 Å². The van der Waals surface area contributed by atoms with Crippen LogP contribution in [0.15, 0.2) is 24.3 Å². The first-order chi connectivity index (χ1) is 10.6. The number of quaternary nitrogens is 1. The van der Waals surface area contributed by atoms with E-state index in [1.165, 1.54) is 44.9 Å². The zero-order valence-corrected chi connectivity index (χ0v) is 13.0. The number of benzene rings is 1. The molecule has 0 aromatic heterocycles. The number of amides is 2. The minimum absolute atomic E-state index is 0.00566. The van der Waals surface area contributed by atoms with Crippen LogP contribution in [-0.2, 0) is 4.79 Å². The molecule has 0 radical (unpaired) electrons. The maximum absolute atomic E-state index is 12.0. The Hall–Kier alpha value is -1.88. The van der Waals surface area contributed by atoms with E-state index in [0.717, 1.165) is 0 Å². The van der Waals surface area contributed by atoms with Crippen LogP contribution in [0.1, 0.15) is 55.3 Å². The molecule has 5 N–H and O–H groups in total. The number of hydrogen-bond acceptors (Lipinski definition) is 2. The van der Waals surface area contributed by atoms with Crippen molar-refractivity contribution in [3.8, 4) is 0 Å². The molecular formula is C17H26N3O2+. The van der Waals surface area contributed by atoms with Crippen LogP contribution in [0.5, 0.6) is 0 Å². The molecule has 1 aromatic carbocycles. The highest BCUT2D eigenvalue weighted by atomic mass is 16.2. The summed E-state index contributed by atoms with van der Waals surface area (Å²) >= 11 is 0. The van der Waals surface area contributed by atoms with E-state index in [9.17, 15) is 9.59 Å². The number of nitrogens with two attached hydrogens (primary N) is 2. The lowest BCUT2D eigenvalue weighted by Gasteiger charge is -2.18. The van der Waals surface area contributed by atoms with Crippen molar-refractivity contribution in [2.24, 2.45) is 5.73 Å². The summed E-state index contributed by atoms with van der Waals surface area (Å²) in [5, 5.41) is 5.02. The van der Waals surface area contributed by atoms with E-state index in [0.29, 0.717) is 23.8 Å². The molecule has 0 heterocycles. The number of anilines is 1. The van der Waals surface area contributed by atoms with Gasteiger partial charge in [-0.2, -0.15) is 0 Å². The van der Waals surface area contributed by atoms with Crippen molar-refractivity contribution in [1.82, 2.24) is 0 Å². The van der Waals surface area contributed by atoms with Crippen LogP contribution >= 0.6 is 0 Å². The van der Waals surface area contributed by atoms with Crippen molar-refractivity contribution >= 4 is 17.5 Å². The van der Waals surface area contributed by atoms with E-state index in [1.807, 2.05) is 0 Å². The van der Waals surface area contributed by atoms with E-state index >= 15 is 0 Å². The number of carbonyl (C=O) groups excluding carboxylic acids is 2. The first-order valence-corrected chi connectivity index (χ1v) is 8.18. The monoisotopic (exact) mass is 304 g/mol. The summed E-state index contributed by atoms with van der Waals surface area (Å²) in [6.45, 7) is 0.447. The Labute approximate surface area is 131 Å². The van der Waals surface area contributed by atoms with Crippen molar-refractivity contribution in [1.29, 1.82) is 0 Å². The average molecular weight is 304 g/mol. The quantitative estimate of drug-likeness (QED) is 0.767. The molecule has 2 amide bonds. The van der Waals surface area contributed by atoms with Gasteiger partial charge in [0, 0.05) is 11.3 Å². The third-order valence-electron chi connectivity index (χ3n) is 4.24. The second kappa shape index (κ2) is 8.54. The average Bonchev–Trinajstić information content (AvgIpc) is 2.46. The summed E-state index contributed by atoms with van der Waals surface area (Å²) in [5.74, 6) is -0.468. The van der Waals surface area contributed by atoms with Crippen molar-refractivity contribution in [3.63, 3.8) is 0 Å². The van der Waals surface area contributed by atoms with Gasteiger partial charge < -0.3 is 16.4 Å². The van der Waals surface area contributed by atoms with Crippen molar-refractivity contribution in [3.05, 3.63) is 29.8 Å². The van der Waals surface area contributed by atoms with Crippen LogP contribution in [0.4, 0.5) is 5.69 Å². The topological polar surface area (TPSA) is 88.8 Å². The summed E-state index contributed by atoms with van der Waals surface area (Å²) < 4.78 is 0. The molecule has 5 heteroatoms. The number of primary amides is 1. The van der Waals surface area contributed by atoms with Crippen molar-refractivity contribution in [2.75, 3.05) is 11.9 Å². The van der Waals surface area contributed by atoms with E-state index in [2.05, 4.69) is 10.6 Å². The minimum Gasteiger partial charge on any atom is -0.366 e. The molecule has 1 aromatic rings. The van der Waals surface area contributed by atoms with Gasteiger partial charge in [0.25, 0.3) is 5.91 Å². The summed E-state index contributed by atoms with van der Waals surface area (Å²) in [7, 11) is 0. The number of nitrogens with one attached hydrogen (secondary N) is 1. The maximum atomic E-state index is 12.0. The molecule has 0 unspecified atom stereocenters. The first-order valence-electron chi connectivity index (χ1n) is 8.18. The van der Waals surface area contributed by atoms with Crippen molar-refractivity contribution in [2.45, 2.75) is 51.0 Å². The number of carbonyl (C=O) groups is 2. The maximum Gasteiger partial charge on any atom is 0.279 e. The molecule has 2 rings (SSSR count). The molecule has 0 spiro atoms. The van der Waals surface area contributed by atoms with Gasteiger partial charge in [-0.3, -0.25) is 9.59 Å².